The van der Waals surface area contributed by atoms with Gasteiger partial charge in [-0.05, 0) is 11.6 Å². The van der Waals surface area contributed by atoms with Gasteiger partial charge in [0, 0.05) is 23.0 Å². The summed E-state index contributed by atoms with van der Waals surface area (Å²) in [5.74, 6) is -2.00. The zero-order valence-corrected chi connectivity index (χ0v) is 13.5. The van der Waals surface area contributed by atoms with Crippen LogP contribution in [0.1, 0.15) is 34.3 Å². The van der Waals surface area contributed by atoms with Crippen molar-refractivity contribution >= 4 is 11.8 Å². The topological polar surface area (TPSA) is 57.2 Å². The average molecular weight is 276 g/mol. The maximum atomic E-state index is 12.2. The molecule has 0 bridgehead atoms. The Bertz CT molecular complexity index is 608. The summed E-state index contributed by atoms with van der Waals surface area (Å²) < 4.78 is 0. The Morgan fingerprint density at radius 1 is 0.950 bits per heavy atom. The van der Waals surface area contributed by atoms with Crippen molar-refractivity contribution in [1.82, 2.24) is 0 Å². The van der Waals surface area contributed by atoms with Gasteiger partial charge in [-0.15, -0.1) is 0 Å². The van der Waals surface area contributed by atoms with Crippen LogP contribution in [0.3, 0.4) is 0 Å². The molecule has 0 aromatic heterocycles. The van der Waals surface area contributed by atoms with Crippen molar-refractivity contribution in [1.29, 1.82) is 0 Å². The Morgan fingerprint density at radius 3 is 2.15 bits per heavy atom. The first-order valence-electron chi connectivity index (χ1n) is 6.00. The van der Waals surface area contributed by atoms with Crippen LogP contribution in [0.5, 0.6) is 0 Å². The van der Waals surface area contributed by atoms with Crippen molar-refractivity contribution < 1.29 is 44.3 Å². The molecule has 0 heterocycles. The molecule has 0 fully saturated rings. The largest absolute Gasteiger partial charge is 1.00 e. The first kappa shape index (κ1) is 16.6. The Hall–Kier alpha value is -1.42. The van der Waals surface area contributed by atoms with E-state index in [-0.39, 0.29) is 35.3 Å². The zero-order chi connectivity index (χ0) is 13.8. The Balaban J connectivity index is 0.00000200. The smallest absolute Gasteiger partial charge is 0.550 e. The van der Waals surface area contributed by atoms with E-state index in [9.17, 15) is 14.7 Å². The van der Waals surface area contributed by atoms with Crippen molar-refractivity contribution in [3.63, 3.8) is 0 Å². The van der Waals surface area contributed by atoms with Crippen molar-refractivity contribution in [2.45, 2.75) is 12.8 Å². The third kappa shape index (κ3) is 3.79. The Labute approximate surface area is 139 Å². The summed E-state index contributed by atoms with van der Waals surface area (Å²) in [6.45, 7) is 1.54. The maximum absolute atomic E-state index is 12.2. The summed E-state index contributed by atoms with van der Waals surface area (Å²) >= 11 is 0. The number of aliphatic carboxylic acids is 1. The summed E-state index contributed by atoms with van der Waals surface area (Å²) in [6, 6.07) is 15.5. The van der Waals surface area contributed by atoms with Gasteiger partial charge in [0.25, 0.3) is 0 Å². The molecule has 3 nitrogen and oxygen atoms in total. The molecule has 0 spiro atoms. The number of ketones is 1. The molecular weight excluding hydrogens is 263 g/mol. The van der Waals surface area contributed by atoms with E-state index in [2.05, 4.69) is 0 Å². The second-order valence-electron chi connectivity index (χ2n) is 4.36. The molecule has 0 aliphatic carbocycles. The fraction of sp³-hybridized carbons (Fsp3) is 0.125. The molecule has 0 saturated carbocycles. The van der Waals surface area contributed by atoms with Gasteiger partial charge in [0.2, 0.25) is 0 Å². The van der Waals surface area contributed by atoms with Gasteiger partial charge in [-0.25, -0.2) is 0 Å². The third-order valence-electron chi connectivity index (χ3n) is 3.04. The second kappa shape index (κ2) is 7.39. The van der Waals surface area contributed by atoms with E-state index >= 15 is 0 Å². The number of carbonyl (C=O) groups is 2. The summed E-state index contributed by atoms with van der Waals surface area (Å²) in [5, 5.41) is 10.9. The van der Waals surface area contributed by atoms with E-state index in [0.29, 0.717) is 16.7 Å². The number of carboxylic acids is 1. The second-order valence-corrected chi connectivity index (χ2v) is 4.36. The van der Waals surface area contributed by atoms with Crippen LogP contribution in [-0.4, -0.2) is 11.8 Å². The molecule has 2 aromatic carbocycles. The molecule has 2 aromatic rings. The molecule has 4 heteroatoms. The minimum absolute atomic E-state index is 0. The molecule has 0 saturated heterocycles. The summed E-state index contributed by atoms with van der Waals surface area (Å²) in [7, 11) is 0. The fourth-order valence-electron chi connectivity index (χ4n) is 1.84. The number of carbonyl (C=O) groups excluding carboxylic acids is 2. The Morgan fingerprint density at radius 2 is 1.55 bits per heavy atom. The first-order valence-corrected chi connectivity index (χ1v) is 6.00. The van der Waals surface area contributed by atoms with Gasteiger partial charge in [0.15, 0.2) is 5.78 Å². The van der Waals surface area contributed by atoms with Crippen LogP contribution in [0.15, 0.2) is 54.6 Å². The molecular formula is C16H13NaO3. The molecule has 0 aliphatic heterocycles. The standard InChI is InChI=1S/C16H14O3.Na/c1-11(16(18)19)13-8-5-9-14(10-13)15(17)12-6-3-2-4-7-12;/h2-11H,1H3,(H,18,19);/q;+1/p-1/t11-;/m0./s1. The van der Waals surface area contributed by atoms with E-state index in [1.807, 2.05) is 6.07 Å². The van der Waals surface area contributed by atoms with Crippen molar-refractivity contribution in [3.05, 3.63) is 71.3 Å². The molecule has 0 radical (unpaired) electrons. The maximum Gasteiger partial charge on any atom is 1.00 e. The van der Waals surface area contributed by atoms with E-state index in [0.717, 1.165) is 0 Å². The van der Waals surface area contributed by atoms with Crippen LogP contribution in [0.25, 0.3) is 0 Å². The molecule has 0 unspecified atom stereocenters. The van der Waals surface area contributed by atoms with Gasteiger partial charge < -0.3 is 9.90 Å². The van der Waals surface area contributed by atoms with Gasteiger partial charge in [-0.1, -0.05) is 55.5 Å². The van der Waals surface area contributed by atoms with Crippen molar-refractivity contribution in [3.8, 4) is 0 Å². The number of benzene rings is 2. The van der Waals surface area contributed by atoms with Gasteiger partial charge >= 0.3 is 29.6 Å². The van der Waals surface area contributed by atoms with Crippen molar-refractivity contribution in [2.24, 2.45) is 0 Å². The molecule has 0 N–H and O–H groups in total. The predicted molar refractivity (Wildman–Crippen MR) is 69.7 cm³/mol. The molecule has 0 amide bonds. The molecule has 96 valence electrons. The monoisotopic (exact) mass is 276 g/mol. The number of carboxylic acid groups (broad SMARTS) is 1. The van der Waals surface area contributed by atoms with E-state index in [4.69, 9.17) is 0 Å². The number of rotatable bonds is 4. The van der Waals surface area contributed by atoms with Crippen LogP contribution in [0.4, 0.5) is 0 Å². The molecule has 0 aliphatic rings. The van der Waals surface area contributed by atoms with Crippen molar-refractivity contribution in [2.75, 3.05) is 0 Å². The summed E-state index contributed by atoms with van der Waals surface area (Å²) in [5.41, 5.74) is 1.64. The predicted octanol–water partition coefficient (Wildman–Crippen LogP) is -1.22. The van der Waals surface area contributed by atoms with E-state index in [1.165, 1.54) is 0 Å². The van der Waals surface area contributed by atoms with Crippen LogP contribution in [-0.2, 0) is 4.79 Å². The number of hydrogen-bond donors (Lipinski definition) is 0. The van der Waals surface area contributed by atoms with Crippen LogP contribution >= 0.6 is 0 Å². The number of hydrogen-bond acceptors (Lipinski definition) is 3. The average Bonchev–Trinajstić information content (AvgIpc) is 2.46. The van der Waals surface area contributed by atoms with Gasteiger partial charge in [-0.2, -0.15) is 0 Å². The van der Waals surface area contributed by atoms with Gasteiger partial charge in [-0.3, -0.25) is 4.79 Å². The Kier molecular flexibility index (Phi) is 6.14. The minimum atomic E-state index is -1.15. The van der Waals surface area contributed by atoms with Crippen LogP contribution in [0, 0.1) is 0 Å². The summed E-state index contributed by atoms with van der Waals surface area (Å²) in [4.78, 5) is 23.1. The zero-order valence-electron chi connectivity index (χ0n) is 11.5. The molecule has 2 rings (SSSR count). The third-order valence-corrected chi connectivity index (χ3v) is 3.04. The fourth-order valence-corrected chi connectivity index (χ4v) is 1.84. The normalized spacial score (nSPS) is 11.2. The minimum Gasteiger partial charge on any atom is -0.550 e. The van der Waals surface area contributed by atoms with Gasteiger partial charge in [0.1, 0.15) is 0 Å². The summed E-state index contributed by atoms with van der Waals surface area (Å²) in [6.07, 6.45) is 0. The van der Waals surface area contributed by atoms with Gasteiger partial charge in [0.05, 0.1) is 0 Å². The molecule has 1 atom stereocenters. The SMILES string of the molecule is C[C@H](C(=O)[O-])c1cccc(C(=O)c2ccccc2)c1.[Na+]. The molecule has 20 heavy (non-hydrogen) atoms. The van der Waals surface area contributed by atoms with Crippen LogP contribution in [0.2, 0.25) is 0 Å². The quantitative estimate of drug-likeness (QED) is 0.519. The van der Waals surface area contributed by atoms with E-state index < -0.39 is 11.9 Å². The van der Waals surface area contributed by atoms with Crippen LogP contribution < -0.4 is 34.7 Å². The first-order chi connectivity index (χ1) is 9.09. The van der Waals surface area contributed by atoms with E-state index in [1.54, 1.807) is 55.5 Å².